The van der Waals surface area contributed by atoms with Gasteiger partial charge in [0.2, 0.25) is 0 Å². The van der Waals surface area contributed by atoms with Crippen LogP contribution >= 0.6 is 11.8 Å². The molecular formula is C14H23N5OS. The largest absolute Gasteiger partial charge is 0.334 e. The van der Waals surface area contributed by atoms with Gasteiger partial charge in [-0.25, -0.2) is 14.5 Å². The summed E-state index contributed by atoms with van der Waals surface area (Å²) in [5.41, 5.74) is 0. The summed E-state index contributed by atoms with van der Waals surface area (Å²) in [5.74, 6) is 0. The Kier molecular flexibility index (Phi) is 4.67. The monoisotopic (exact) mass is 309 g/mol. The maximum Gasteiger partial charge on any atom is 0.317 e. The van der Waals surface area contributed by atoms with Crippen LogP contribution in [0.3, 0.4) is 0 Å². The summed E-state index contributed by atoms with van der Waals surface area (Å²) in [4.78, 5) is 18.3. The number of thioether (sulfide) groups is 1. The molecule has 0 spiro atoms. The summed E-state index contributed by atoms with van der Waals surface area (Å²) in [6, 6.07) is 0.834. The van der Waals surface area contributed by atoms with Gasteiger partial charge in [0.15, 0.2) is 0 Å². The number of amides is 2. The lowest BCUT2D eigenvalue weighted by Crippen LogP contribution is -2.49. The van der Waals surface area contributed by atoms with E-state index in [0.717, 1.165) is 32.4 Å². The summed E-state index contributed by atoms with van der Waals surface area (Å²) >= 11 is 1.88. The zero-order chi connectivity index (χ0) is 14.7. The third kappa shape index (κ3) is 3.33. The Labute approximate surface area is 129 Å². The normalized spacial score (nSPS) is 27.0. The van der Waals surface area contributed by atoms with E-state index >= 15 is 0 Å². The minimum absolute atomic E-state index is 0.109. The number of nitrogens with one attached hydrogen (secondary N) is 1. The van der Waals surface area contributed by atoms with Crippen molar-refractivity contribution in [3.05, 3.63) is 12.7 Å². The van der Waals surface area contributed by atoms with Crippen molar-refractivity contribution in [2.45, 2.75) is 49.4 Å². The third-order valence-corrected chi connectivity index (χ3v) is 5.80. The minimum atomic E-state index is 0.109. The van der Waals surface area contributed by atoms with Gasteiger partial charge >= 0.3 is 6.03 Å². The van der Waals surface area contributed by atoms with Crippen LogP contribution < -0.4 is 5.32 Å². The summed E-state index contributed by atoms with van der Waals surface area (Å²) in [5, 5.41) is 8.01. The molecule has 1 aromatic heterocycles. The predicted octanol–water partition coefficient (Wildman–Crippen LogP) is 1.91. The number of hydrogen-bond donors (Lipinski definition) is 1. The second kappa shape index (κ2) is 6.68. The molecule has 1 aliphatic heterocycles. The van der Waals surface area contributed by atoms with Crippen LogP contribution in [-0.4, -0.2) is 56.3 Å². The van der Waals surface area contributed by atoms with Crippen LogP contribution in [0.4, 0.5) is 4.79 Å². The van der Waals surface area contributed by atoms with Crippen LogP contribution in [0, 0.1) is 0 Å². The molecule has 1 saturated carbocycles. The van der Waals surface area contributed by atoms with E-state index in [-0.39, 0.29) is 6.03 Å². The number of urea groups is 1. The Hall–Kier alpha value is -1.24. The summed E-state index contributed by atoms with van der Waals surface area (Å²) in [6.07, 6.45) is 10.9. The summed E-state index contributed by atoms with van der Waals surface area (Å²) in [6.45, 7) is 1.60. The molecule has 0 unspecified atom stereocenters. The SMILES string of the molecule is CS[C@H]1CCC[C@@H]1NC(=O)N1CCC(n2cncn2)CC1. The summed E-state index contributed by atoms with van der Waals surface area (Å²) in [7, 11) is 0. The minimum Gasteiger partial charge on any atom is -0.334 e. The smallest absolute Gasteiger partial charge is 0.317 e. The number of likely N-dealkylation sites (tertiary alicyclic amines) is 1. The fraction of sp³-hybridized carbons (Fsp3) is 0.786. The van der Waals surface area contributed by atoms with E-state index in [1.54, 1.807) is 12.7 Å². The number of piperidine rings is 1. The van der Waals surface area contributed by atoms with Gasteiger partial charge < -0.3 is 10.2 Å². The zero-order valence-corrected chi connectivity index (χ0v) is 13.3. The second-order valence-corrected chi connectivity index (χ2v) is 6.93. The van der Waals surface area contributed by atoms with E-state index in [4.69, 9.17) is 0 Å². The van der Waals surface area contributed by atoms with E-state index in [1.807, 2.05) is 21.3 Å². The standard InChI is InChI=1S/C14H23N5OS/c1-21-13-4-2-3-12(13)17-14(20)18-7-5-11(6-8-18)19-10-15-9-16-19/h9-13H,2-8H2,1H3,(H,17,20)/t12-,13-/m0/s1. The average molecular weight is 309 g/mol. The molecule has 2 atom stereocenters. The molecule has 6 nitrogen and oxygen atoms in total. The highest BCUT2D eigenvalue weighted by Gasteiger charge is 2.30. The molecule has 2 fully saturated rings. The first-order valence-corrected chi connectivity index (χ1v) is 8.99. The Morgan fingerprint density at radius 1 is 1.29 bits per heavy atom. The highest BCUT2D eigenvalue weighted by atomic mass is 32.2. The highest BCUT2D eigenvalue weighted by Crippen LogP contribution is 2.29. The molecule has 0 radical (unpaired) electrons. The quantitative estimate of drug-likeness (QED) is 0.926. The van der Waals surface area contributed by atoms with Crippen molar-refractivity contribution >= 4 is 17.8 Å². The van der Waals surface area contributed by atoms with Crippen molar-refractivity contribution < 1.29 is 4.79 Å². The fourth-order valence-corrected chi connectivity index (χ4v) is 4.30. The van der Waals surface area contributed by atoms with E-state index in [0.29, 0.717) is 17.3 Å². The molecule has 116 valence electrons. The van der Waals surface area contributed by atoms with Gasteiger partial charge in [-0.05, 0) is 31.9 Å². The van der Waals surface area contributed by atoms with Crippen LogP contribution in [0.1, 0.15) is 38.1 Å². The number of rotatable bonds is 3. The van der Waals surface area contributed by atoms with Gasteiger partial charge in [-0.2, -0.15) is 16.9 Å². The fourth-order valence-electron chi connectivity index (χ4n) is 3.36. The Morgan fingerprint density at radius 3 is 2.76 bits per heavy atom. The maximum absolute atomic E-state index is 12.4. The molecule has 1 saturated heterocycles. The van der Waals surface area contributed by atoms with Crippen molar-refractivity contribution in [2.75, 3.05) is 19.3 Å². The predicted molar refractivity (Wildman–Crippen MR) is 83.3 cm³/mol. The second-order valence-electron chi connectivity index (χ2n) is 5.85. The van der Waals surface area contributed by atoms with Gasteiger partial charge in [-0.1, -0.05) is 6.42 Å². The molecule has 2 amide bonds. The van der Waals surface area contributed by atoms with Crippen molar-refractivity contribution in [2.24, 2.45) is 0 Å². The van der Waals surface area contributed by atoms with E-state index in [9.17, 15) is 4.79 Å². The van der Waals surface area contributed by atoms with Gasteiger partial charge in [0.25, 0.3) is 0 Å². The van der Waals surface area contributed by atoms with Crippen molar-refractivity contribution in [1.82, 2.24) is 25.0 Å². The molecule has 1 N–H and O–H groups in total. The molecule has 2 heterocycles. The highest BCUT2D eigenvalue weighted by molar-refractivity contribution is 7.99. The first-order chi connectivity index (χ1) is 10.3. The van der Waals surface area contributed by atoms with Gasteiger partial charge in [-0.3, -0.25) is 0 Å². The number of hydrogen-bond acceptors (Lipinski definition) is 4. The van der Waals surface area contributed by atoms with Crippen LogP contribution in [0.15, 0.2) is 12.7 Å². The van der Waals surface area contributed by atoms with Crippen molar-refractivity contribution in [1.29, 1.82) is 0 Å². The molecular weight excluding hydrogens is 286 g/mol. The van der Waals surface area contributed by atoms with E-state index in [1.165, 1.54) is 12.8 Å². The van der Waals surface area contributed by atoms with E-state index in [2.05, 4.69) is 21.7 Å². The molecule has 1 aromatic rings. The van der Waals surface area contributed by atoms with Gasteiger partial charge in [-0.15, -0.1) is 0 Å². The molecule has 1 aliphatic carbocycles. The molecule has 21 heavy (non-hydrogen) atoms. The number of carbonyl (C=O) groups is 1. The zero-order valence-electron chi connectivity index (χ0n) is 12.4. The lowest BCUT2D eigenvalue weighted by atomic mass is 10.1. The first-order valence-electron chi connectivity index (χ1n) is 7.70. The maximum atomic E-state index is 12.4. The molecule has 2 aliphatic rings. The van der Waals surface area contributed by atoms with Crippen molar-refractivity contribution in [3.63, 3.8) is 0 Å². The lowest BCUT2D eigenvalue weighted by Gasteiger charge is -2.33. The average Bonchev–Trinajstić information content (AvgIpc) is 3.18. The Bertz CT molecular complexity index is 458. The molecule has 0 aromatic carbocycles. The van der Waals surface area contributed by atoms with Gasteiger partial charge in [0, 0.05) is 24.4 Å². The number of nitrogens with zero attached hydrogens (tertiary/aromatic N) is 4. The number of aromatic nitrogens is 3. The molecule has 3 rings (SSSR count). The topological polar surface area (TPSA) is 63.1 Å². The van der Waals surface area contributed by atoms with Gasteiger partial charge in [0.05, 0.1) is 6.04 Å². The van der Waals surface area contributed by atoms with Crippen LogP contribution in [-0.2, 0) is 0 Å². The van der Waals surface area contributed by atoms with Crippen LogP contribution in [0.5, 0.6) is 0 Å². The Morgan fingerprint density at radius 2 is 2.10 bits per heavy atom. The number of carbonyl (C=O) groups excluding carboxylic acids is 1. The third-order valence-electron chi connectivity index (χ3n) is 4.63. The Balaban J connectivity index is 1.49. The van der Waals surface area contributed by atoms with Crippen LogP contribution in [0.25, 0.3) is 0 Å². The molecule has 0 bridgehead atoms. The van der Waals surface area contributed by atoms with Crippen molar-refractivity contribution in [3.8, 4) is 0 Å². The van der Waals surface area contributed by atoms with Gasteiger partial charge in [0.1, 0.15) is 12.7 Å². The van der Waals surface area contributed by atoms with Crippen LogP contribution in [0.2, 0.25) is 0 Å². The summed E-state index contributed by atoms with van der Waals surface area (Å²) < 4.78 is 1.91. The first kappa shape index (κ1) is 14.7. The lowest BCUT2D eigenvalue weighted by molar-refractivity contribution is 0.165. The van der Waals surface area contributed by atoms with E-state index < -0.39 is 0 Å². The molecule has 7 heteroatoms.